The second-order valence-electron chi connectivity index (χ2n) is 5.10. The first kappa shape index (κ1) is 13.5. The van der Waals surface area contributed by atoms with Crippen LogP contribution >= 0.6 is 11.8 Å². The van der Waals surface area contributed by atoms with Gasteiger partial charge in [0, 0.05) is 29.3 Å². The van der Waals surface area contributed by atoms with E-state index >= 15 is 0 Å². The number of nitrogens with two attached hydrogens (primary N) is 1. The van der Waals surface area contributed by atoms with E-state index in [0.29, 0.717) is 5.89 Å². The first-order valence-electron chi connectivity index (χ1n) is 6.63. The lowest BCUT2D eigenvalue weighted by molar-refractivity contribution is 0.257. The Kier molecular flexibility index (Phi) is 3.67. The molecular weight excluding hydrogens is 272 g/mol. The summed E-state index contributed by atoms with van der Waals surface area (Å²) in [5.41, 5.74) is 8.60. The zero-order valence-corrected chi connectivity index (χ0v) is 12.5. The van der Waals surface area contributed by atoms with Crippen molar-refractivity contribution < 1.29 is 4.52 Å². The third kappa shape index (κ3) is 2.53. The third-order valence-corrected chi connectivity index (χ3v) is 4.68. The summed E-state index contributed by atoms with van der Waals surface area (Å²) >= 11 is 1.93. The summed E-state index contributed by atoms with van der Waals surface area (Å²) in [6.45, 7) is 3.03. The molecule has 2 heterocycles. The number of thioether (sulfide) groups is 1. The van der Waals surface area contributed by atoms with Gasteiger partial charge in [-0.2, -0.15) is 16.7 Å². The summed E-state index contributed by atoms with van der Waals surface area (Å²) in [6.07, 6.45) is 0. The van der Waals surface area contributed by atoms with Crippen molar-refractivity contribution in [2.75, 3.05) is 30.8 Å². The first-order chi connectivity index (χ1) is 9.65. The second kappa shape index (κ2) is 5.46. The van der Waals surface area contributed by atoms with Crippen LogP contribution < -0.4 is 5.73 Å². The third-order valence-electron chi connectivity index (χ3n) is 3.66. The second-order valence-corrected chi connectivity index (χ2v) is 6.25. The molecule has 1 aromatic heterocycles. The van der Waals surface area contributed by atoms with Crippen LogP contribution in [0.5, 0.6) is 0 Å². The summed E-state index contributed by atoms with van der Waals surface area (Å²) < 4.78 is 5.39. The number of nitrogen functional groups attached to an aromatic ring is 1. The van der Waals surface area contributed by atoms with Crippen molar-refractivity contribution >= 4 is 17.4 Å². The lowest BCUT2D eigenvalue weighted by Gasteiger charge is -2.29. The molecule has 0 spiro atoms. The standard InChI is InChI=1S/C14H18N4OS/c1-9-3-4-10(7-11(9)15)14-16-13(17-19-14)12-8-20-6-5-18(12)2/h3-4,7,12H,5-6,8,15H2,1-2H3. The Morgan fingerprint density at radius 3 is 3.05 bits per heavy atom. The molecule has 2 aromatic rings. The number of rotatable bonds is 2. The lowest BCUT2D eigenvalue weighted by atomic mass is 10.1. The van der Waals surface area contributed by atoms with E-state index in [9.17, 15) is 0 Å². The molecule has 2 N–H and O–H groups in total. The summed E-state index contributed by atoms with van der Waals surface area (Å²) in [6, 6.07) is 6.04. The summed E-state index contributed by atoms with van der Waals surface area (Å²) in [7, 11) is 2.10. The van der Waals surface area contributed by atoms with Gasteiger partial charge in [0.1, 0.15) is 0 Å². The molecular formula is C14H18N4OS. The predicted octanol–water partition coefficient (Wildman–Crippen LogP) is 2.35. The lowest BCUT2D eigenvalue weighted by Crippen LogP contribution is -2.33. The molecule has 0 radical (unpaired) electrons. The highest BCUT2D eigenvalue weighted by Crippen LogP contribution is 2.28. The zero-order chi connectivity index (χ0) is 14.1. The van der Waals surface area contributed by atoms with Gasteiger partial charge in [-0.1, -0.05) is 11.2 Å². The van der Waals surface area contributed by atoms with Crippen LogP contribution in [0.1, 0.15) is 17.4 Å². The fraction of sp³-hybridized carbons (Fsp3) is 0.429. The number of aromatic nitrogens is 2. The van der Waals surface area contributed by atoms with Crippen LogP contribution in [0.15, 0.2) is 22.7 Å². The molecule has 0 bridgehead atoms. The maximum absolute atomic E-state index is 5.93. The summed E-state index contributed by atoms with van der Waals surface area (Å²) in [4.78, 5) is 6.81. The van der Waals surface area contributed by atoms with Crippen molar-refractivity contribution in [3.8, 4) is 11.5 Å². The topological polar surface area (TPSA) is 68.2 Å². The van der Waals surface area contributed by atoms with Gasteiger partial charge in [-0.3, -0.25) is 4.90 Å². The first-order valence-corrected chi connectivity index (χ1v) is 7.78. The molecule has 1 fully saturated rings. The fourth-order valence-electron chi connectivity index (χ4n) is 2.22. The van der Waals surface area contributed by atoms with E-state index in [2.05, 4.69) is 22.1 Å². The molecule has 6 heteroatoms. The van der Waals surface area contributed by atoms with Gasteiger partial charge in [0.05, 0.1) is 6.04 Å². The molecule has 1 saturated heterocycles. The number of nitrogens with zero attached hydrogens (tertiary/aromatic N) is 3. The van der Waals surface area contributed by atoms with Crippen molar-refractivity contribution in [2.45, 2.75) is 13.0 Å². The van der Waals surface area contributed by atoms with E-state index in [1.807, 2.05) is 36.9 Å². The van der Waals surface area contributed by atoms with Gasteiger partial charge in [-0.05, 0) is 31.7 Å². The molecule has 3 rings (SSSR count). The SMILES string of the molecule is Cc1ccc(-c2nc(C3CSCCN3C)no2)cc1N. The van der Waals surface area contributed by atoms with Gasteiger partial charge in [-0.25, -0.2) is 0 Å². The number of anilines is 1. The van der Waals surface area contributed by atoms with Crippen LogP contribution in [-0.4, -0.2) is 40.1 Å². The van der Waals surface area contributed by atoms with Crippen molar-refractivity contribution in [3.05, 3.63) is 29.6 Å². The van der Waals surface area contributed by atoms with Gasteiger partial charge in [0.15, 0.2) is 5.82 Å². The Morgan fingerprint density at radius 1 is 1.45 bits per heavy atom. The number of hydrogen-bond acceptors (Lipinski definition) is 6. The minimum atomic E-state index is 0.231. The van der Waals surface area contributed by atoms with Gasteiger partial charge in [-0.15, -0.1) is 0 Å². The minimum Gasteiger partial charge on any atom is -0.398 e. The van der Waals surface area contributed by atoms with E-state index in [4.69, 9.17) is 10.3 Å². The number of benzene rings is 1. The average molecular weight is 290 g/mol. The monoisotopic (exact) mass is 290 g/mol. The highest BCUT2D eigenvalue weighted by atomic mass is 32.2. The highest BCUT2D eigenvalue weighted by molar-refractivity contribution is 7.99. The van der Waals surface area contributed by atoms with E-state index < -0.39 is 0 Å². The largest absolute Gasteiger partial charge is 0.398 e. The van der Waals surface area contributed by atoms with Crippen LogP contribution in [0.3, 0.4) is 0 Å². The van der Waals surface area contributed by atoms with Crippen LogP contribution in [0.25, 0.3) is 11.5 Å². The molecule has 106 valence electrons. The molecule has 20 heavy (non-hydrogen) atoms. The normalized spacial score (nSPS) is 20.2. The van der Waals surface area contributed by atoms with Crippen molar-refractivity contribution in [2.24, 2.45) is 0 Å². The number of hydrogen-bond donors (Lipinski definition) is 1. The van der Waals surface area contributed by atoms with E-state index in [1.165, 1.54) is 0 Å². The Morgan fingerprint density at radius 2 is 2.30 bits per heavy atom. The van der Waals surface area contributed by atoms with Gasteiger partial charge < -0.3 is 10.3 Å². The fourth-order valence-corrected chi connectivity index (χ4v) is 3.43. The quantitative estimate of drug-likeness (QED) is 0.856. The Hall–Kier alpha value is -1.53. The Balaban J connectivity index is 1.87. The van der Waals surface area contributed by atoms with Gasteiger partial charge in [0.25, 0.3) is 5.89 Å². The number of aryl methyl sites for hydroxylation is 1. The zero-order valence-electron chi connectivity index (χ0n) is 11.7. The smallest absolute Gasteiger partial charge is 0.258 e. The van der Waals surface area contributed by atoms with Crippen LogP contribution in [-0.2, 0) is 0 Å². The molecule has 1 aliphatic rings. The minimum absolute atomic E-state index is 0.231. The molecule has 0 aliphatic carbocycles. The molecule has 1 unspecified atom stereocenters. The van der Waals surface area contributed by atoms with Crippen molar-refractivity contribution in [1.82, 2.24) is 15.0 Å². The maximum atomic E-state index is 5.93. The molecule has 1 aromatic carbocycles. The van der Waals surface area contributed by atoms with E-state index in [0.717, 1.165) is 40.7 Å². The van der Waals surface area contributed by atoms with E-state index in [1.54, 1.807) is 0 Å². The van der Waals surface area contributed by atoms with Crippen LogP contribution in [0, 0.1) is 6.92 Å². The molecule has 1 atom stereocenters. The molecule has 1 aliphatic heterocycles. The van der Waals surface area contributed by atoms with Crippen LogP contribution in [0.4, 0.5) is 5.69 Å². The van der Waals surface area contributed by atoms with Crippen LogP contribution in [0.2, 0.25) is 0 Å². The predicted molar refractivity (Wildman–Crippen MR) is 81.6 cm³/mol. The molecule has 0 saturated carbocycles. The summed E-state index contributed by atoms with van der Waals surface area (Å²) in [5, 5.41) is 4.14. The van der Waals surface area contributed by atoms with E-state index in [-0.39, 0.29) is 6.04 Å². The average Bonchev–Trinajstić information content (AvgIpc) is 2.92. The molecule has 0 amide bonds. The maximum Gasteiger partial charge on any atom is 0.258 e. The molecule has 5 nitrogen and oxygen atoms in total. The Bertz CT molecular complexity index is 613. The van der Waals surface area contributed by atoms with Gasteiger partial charge >= 0.3 is 0 Å². The van der Waals surface area contributed by atoms with Gasteiger partial charge in [0.2, 0.25) is 0 Å². The van der Waals surface area contributed by atoms with Crippen molar-refractivity contribution in [3.63, 3.8) is 0 Å². The summed E-state index contributed by atoms with van der Waals surface area (Å²) in [5.74, 6) is 3.46. The highest BCUT2D eigenvalue weighted by Gasteiger charge is 2.26. The Labute approximate surface area is 122 Å². The van der Waals surface area contributed by atoms with Crippen molar-refractivity contribution in [1.29, 1.82) is 0 Å².